The first-order chi connectivity index (χ1) is 23.1. The van der Waals surface area contributed by atoms with E-state index in [-0.39, 0.29) is 0 Å². The molecule has 0 atom stereocenters. The van der Waals surface area contributed by atoms with Gasteiger partial charge in [-0.2, -0.15) is 0 Å². The number of fused-ring (bicyclic) bond motifs is 9. The summed E-state index contributed by atoms with van der Waals surface area (Å²) in [4.78, 5) is 10.6. The molecule has 1 aliphatic rings. The van der Waals surface area contributed by atoms with Crippen molar-refractivity contribution in [2.45, 2.75) is 13.1 Å². The fourth-order valence-corrected chi connectivity index (χ4v) is 12.1. The van der Waals surface area contributed by atoms with Crippen LogP contribution in [0.2, 0.25) is 13.1 Å². The molecule has 4 heterocycles. The highest BCUT2D eigenvalue weighted by Crippen LogP contribution is 2.41. The number of thiophene rings is 1. The zero-order valence-electron chi connectivity index (χ0n) is 26.0. The van der Waals surface area contributed by atoms with E-state index in [4.69, 9.17) is 9.97 Å². The van der Waals surface area contributed by atoms with Crippen LogP contribution in [0.1, 0.15) is 0 Å². The van der Waals surface area contributed by atoms with Gasteiger partial charge >= 0.3 is 0 Å². The molecule has 0 fully saturated rings. The summed E-state index contributed by atoms with van der Waals surface area (Å²) in [5.74, 6) is 0.777. The topological polar surface area (TPSA) is 30.7 Å². The third kappa shape index (κ3) is 3.84. The molecule has 0 bridgehead atoms. The van der Waals surface area contributed by atoms with E-state index in [1.807, 2.05) is 17.4 Å². The van der Waals surface area contributed by atoms with Crippen LogP contribution in [-0.4, -0.2) is 22.6 Å². The Morgan fingerprint density at radius 3 is 2.09 bits per heavy atom. The minimum absolute atomic E-state index is 0.777. The number of nitrogens with zero attached hydrogens (tertiary/aromatic N) is 3. The summed E-state index contributed by atoms with van der Waals surface area (Å²) in [5, 5.41) is 7.96. The van der Waals surface area contributed by atoms with Crippen molar-refractivity contribution in [1.29, 1.82) is 0 Å². The highest BCUT2D eigenvalue weighted by molar-refractivity contribution is 7.25. The minimum Gasteiger partial charge on any atom is -0.309 e. The third-order valence-corrected chi connectivity index (χ3v) is 14.6. The van der Waals surface area contributed by atoms with E-state index in [1.165, 1.54) is 57.9 Å². The maximum atomic E-state index is 5.33. The van der Waals surface area contributed by atoms with E-state index in [1.54, 1.807) is 0 Å². The highest BCUT2D eigenvalue weighted by Gasteiger charge is 2.41. The summed E-state index contributed by atoms with van der Waals surface area (Å²) in [6, 6.07) is 50.6. The molecule has 222 valence electrons. The van der Waals surface area contributed by atoms with E-state index < -0.39 is 8.07 Å². The molecule has 6 aromatic carbocycles. The Morgan fingerprint density at radius 2 is 1.23 bits per heavy atom. The van der Waals surface area contributed by atoms with Gasteiger partial charge in [-0.1, -0.05) is 116 Å². The maximum Gasteiger partial charge on any atom is 0.160 e. The first-order valence-corrected chi connectivity index (χ1v) is 19.9. The number of benzene rings is 6. The Morgan fingerprint density at radius 1 is 0.532 bits per heavy atom. The van der Waals surface area contributed by atoms with Gasteiger partial charge in [0.1, 0.15) is 8.07 Å². The SMILES string of the molecule is C[Si]1(C)c2ccccc2-c2nc(-c3ccccc3)nc(-c3ccc(-n4c5ccccc5c5cc6sc7ccccc7c6cc54)cc3)c21. The van der Waals surface area contributed by atoms with Crippen LogP contribution >= 0.6 is 11.3 Å². The quantitative estimate of drug-likeness (QED) is 0.181. The second-order valence-corrected chi connectivity index (χ2v) is 18.4. The predicted octanol–water partition coefficient (Wildman–Crippen LogP) is 10.1. The van der Waals surface area contributed by atoms with E-state index in [2.05, 4.69) is 151 Å². The van der Waals surface area contributed by atoms with Crippen LogP contribution in [0, 0.1) is 0 Å². The summed E-state index contributed by atoms with van der Waals surface area (Å²) < 4.78 is 5.09. The Kier molecular flexibility index (Phi) is 5.60. The number of hydrogen-bond donors (Lipinski definition) is 0. The average molecular weight is 636 g/mol. The molecule has 10 rings (SSSR count). The first kappa shape index (κ1) is 26.8. The van der Waals surface area contributed by atoms with Crippen LogP contribution in [0.3, 0.4) is 0 Å². The summed E-state index contributed by atoms with van der Waals surface area (Å²) in [6.45, 7) is 4.88. The number of para-hydroxylation sites is 1. The van der Waals surface area contributed by atoms with Crippen LogP contribution in [0.25, 0.3) is 81.6 Å². The largest absolute Gasteiger partial charge is 0.309 e. The van der Waals surface area contributed by atoms with Crippen molar-refractivity contribution >= 4 is 71.8 Å². The van der Waals surface area contributed by atoms with E-state index in [0.29, 0.717) is 0 Å². The fraction of sp³-hybridized carbons (Fsp3) is 0.0476. The normalized spacial score (nSPS) is 13.5. The summed E-state index contributed by atoms with van der Waals surface area (Å²) in [5.41, 5.74) is 9.17. The van der Waals surface area contributed by atoms with Gasteiger partial charge in [-0.3, -0.25) is 0 Å². The van der Waals surface area contributed by atoms with Gasteiger partial charge in [-0.15, -0.1) is 11.3 Å². The van der Waals surface area contributed by atoms with E-state index >= 15 is 0 Å². The van der Waals surface area contributed by atoms with Gasteiger partial charge in [0, 0.05) is 47.8 Å². The van der Waals surface area contributed by atoms with Crippen LogP contribution in [0.15, 0.2) is 140 Å². The maximum absolute atomic E-state index is 5.33. The van der Waals surface area contributed by atoms with Gasteiger partial charge in [0.05, 0.1) is 22.4 Å². The minimum atomic E-state index is -2.04. The Labute approximate surface area is 277 Å². The Hall–Kier alpha value is -5.36. The van der Waals surface area contributed by atoms with Crippen molar-refractivity contribution < 1.29 is 0 Å². The molecule has 0 N–H and O–H groups in total. The summed E-state index contributed by atoms with van der Waals surface area (Å²) >= 11 is 1.88. The molecule has 0 radical (unpaired) electrons. The molecule has 9 aromatic rings. The highest BCUT2D eigenvalue weighted by atomic mass is 32.1. The zero-order chi connectivity index (χ0) is 31.3. The number of hydrogen-bond acceptors (Lipinski definition) is 3. The lowest BCUT2D eigenvalue weighted by atomic mass is 10.1. The van der Waals surface area contributed by atoms with Crippen molar-refractivity contribution in [1.82, 2.24) is 14.5 Å². The molecule has 3 nitrogen and oxygen atoms in total. The van der Waals surface area contributed by atoms with Gasteiger partial charge in [-0.25, -0.2) is 9.97 Å². The van der Waals surface area contributed by atoms with Gasteiger partial charge in [0.15, 0.2) is 5.82 Å². The van der Waals surface area contributed by atoms with Crippen molar-refractivity contribution in [2.24, 2.45) is 0 Å². The number of rotatable bonds is 3. The van der Waals surface area contributed by atoms with E-state index in [0.717, 1.165) is 34.0 Å². The van der Waals surface area contributed by atoms with Crippen LogP contribution in [-0.2, 0) is 0 Å². The molecular formula is C42H29N3SSi. The lowest BCUT2D eigenvalue weighted by Gasteiger charge is -2.21. The van der Waals surface area contributed by atoms with Crippen LogP contribution in [0.5, 0.6) is 0 Å². The lowest BCUT2D eigenvalue weighted by molar-refractivity contribution is 1.18. The molecule has 0 saturated heterocycles. The van der Waals surface area contributed by atoms with Gasteiger partial charge < -0.3 is 4.57 Å². The molecule has 0 aliphatic carbocycles. The summed E-state index contributed by atoms with van der Waals surface area (Å²) in [6.07, 6.45) is 0. The molecule has 47 heavy (non-hydrogen) atoms. The van der Waals surface area contributed by atoms with Crippen LogP contribution < -0.4 is 10.4 Å². The van der Waals surface area contributed by atoms with Gasteiger partial charge in [-0.05, 0) is 52.3 Å². The fourth-order valence-electron chi connectivity index (χ4n) is 7.78. The first-order valence-electron chi connectivity index (χ1n) is 16.1. The standard InChI is InChI=1S/C42H29N3SSi/c1-47(2)38-19-11-8-16-31(38)40-41(47)39(43-42(44-40)27-12-4-3-5-13-27)26-20-22-28(23-21-26)45-34-17-9-6-14-29(34)32-25-37-33(24-35(32)45)30-15-7-10-18-36(30)46-37/h3-25H,1-2H3. The third-order valence-electron chi connectivity index (χ3n) is 9.99. The molecule has 3 aromatic heterocycles. The molecule has 1 aliphatic heterocycles. The van der Waals surface area contributed by atoms with Gasteiger partial charge in [0.2, 0.25) is 0 Å². The number of aromatic nitrogens is 3. The van der Waals surface area contributed by atoms with Crippen LogP contribution in [0.4, 0.5) is 0 Å². The smallest absolute Gasteiger partial charge is 0.160 e. The zero-order valence-corrected chi connectivity index (χ0v) is 27.8. The Balaban J connectivity index is 1.19. The summed E-state index contributed by atoms with van der Waals surface area (Å²) in [7, 11) is -2.04. The molecular weight excluding hydrogens is 607 g/mol. The molecule has 0 amide bonds. The molecule has 0 spiro atoms. The van der Waals surface area contributed by atoms with Crippen molar-refractivity contribution in [3.05, 3.63) is 140 Å². The van der Waals surface area contributed by atoms with E-state index in [9.17, 15) is 0 Å². The van der Waals surface area contributed by atoms with Crippen molar-refractivity contribution in [2.75, 3.05) is 0 Å². The van der Waals surface area contributed by atoms with Crippen molar-refractivity contribution in [3.8, 4) is 39.6 Å². The second kappa shape index (κ2) is 9.82. The molecule has 5 heteroatoms. The average Bonchev–Trinajstić information content (AvgIpc) is 3.72. The second-order valence-electron chi connectivity index (χ2n) is 13.0. The molecule has 0 unspecified atom stereocenters. The monoisotopic (exact) mass is 635 g/mol. The molecule has 0 saturated carbocycles. The lowest BCUT2D eigenvalue weighted by Crippen LogP contribution is -2.50. The Bertz CT molecular complexity index is 2700. The van der Waals surface area contributed by atoms with Gasteiger partial charge in [0.25, 0.3) is 0 Å². The predicted molar refractivity (Wildman–Crippen MR) is 202 cm³/mol. The van der Waals surface area contributed by atoms with Crippen molar-refractivity contribution in [3.63, 3.8) is 0 Å².